The first-order chi connectivity index (χ1) is 7.76. The number of anilines is 1. The summed E-state index contributed by atoms with van der Waals surface area (Å²) in [6.45, 7) is 0. The Kier molecular flexibility index (Phi) is 2.29. The van der Waals surface area contributed by atoms with Gasteiger partial charge in [0.25, 0.3) is 0 Å². The Labute approximate surface area is 92.0 Å². The molecule has 1 aromatic heterocycles. The summed E-state index contributed by atoms with van der Waals surface area (Å²) in [6, 6.07) is 10.8. The van der Waals surface area contributed by atoms with Crippen LogP contribution in [0.15, 0.2) is 30.6 Å². The Morgan fingerprint density at radius 1 is 1.12 bits per heavy atom. The van der Waals surface area contributed by atoms with Crippen molar-refractivity contribution in [3.05, 3.63) is 42.0 Å². The third kappa shape index (κ3) is 1.47. The number of nitrogens with two attached hydrogens (primary N) is 1. The molecule has 0 fully saturated rings. The van der Waals surface area contributed by atoms with Gasteiger partial charge < -0.3 is 5.73 Å². The number of imidazole rings is 1. The maximum absolute atomic E-state index is 8.95. The standard InChI is InChI=1S/C11H7N5/c12-5-10-11(6-13)16(7-15-10)9-3-1-8(14)2-4-9/h1-4,7H,14H2. The minimum Gasteiger partial charge on any atom is -0.399 e. The molecule has 0 radical (unpaired) electrons. The largest absolute Gasteiger partial charge is 0.399 e. The predicted molar refractivity (Wildman–Crippen MR) is 57.4 cm³/mol. The minimum absolute atomic E-state index is 0.124. The molecule has 0 atom stereocenters. The zero-order chi connectivity index (χ0) is 11.5. The highest BCUT2D eigenvalue weighted by molar-refractivity contribution is 5.48. The SMILES string of the molecule is N#Cc1ncn(-c2ccc(N)cc2)c1C#N. The maximum Gasteiger partial charge on any atom is 0.177 e. The minimum atomic E-state index is 0.124. The monoisotopic (exact) mass is 209 g/mol. The third-order valence-electron chi connectivity index (χ3n) is 2.15. The number of nitrogens with zero attached hydrogens (tertiary/aromatic N) is 4. The molecule has 76 valence electrons. The van der Waals surface area contributed by atoms with Gasteiger partial charge in [-0.2, -0.15) is 10.5 Å². The molecule has 2 N–H and O–H groups in total. The van der Waals surface area contributed by atoms with Crippen LogP contribution in [0.25, 0.3) is 5.69 Å². The second-order valence-corrected chi connectivity index (χ2v) is 3.13. The van der Waals surface area contributed by atoms with Crippen molar-refractivity contribution in [2.24, 2.45) is 0 Å². The van der Waals surface area contributed by atoms with Gasteiger partial charge in [-0.15, -0.1) is 0 Å². The summed E-state index contributed by atoms with van der Waals surface area (Å²) in [7, 11) is 0. The van der Waals surface area contributed by atoms with E-state index in [1.165, 1.54) is 6.33 Å². The third-order valence-corrected chi connectivity index (χ3v) is 2.15. The first-order valence-electron chi connectivity index (χ1n) is 4.49. The Balaban J connectivity index is 2.58. The Hall–Kier alpha value is -2.79. The molecule has 0 amide bonds. The summed E-state index contributed by atoms with van der Waals surface area (Å²) in [6.07, 6.45) is 1.45. The van der Waals surface area contributed by atoms with E-state index in [0.29, 0.717) is 5.69 Å². The lowest BCUT2D eigenvalue weighted by molar-refractivity contribution is 1.03. The molecule has 2 rings (SSSR count). The highest BCUT2D eigenvalue weighted by Crippen LogP contribution is 2.15. The van der Waals surface area contributed by atoms with Gasteiger partial charge in [-0.25, -0.2) is 4.98 Å². The van der Waals surface area contributed by atoms with E-state index in [1.807, 2.05) is 12.1 Å². The van der Waals surface area contributed by atoms with Crippen molar-refractivity contribution in [2.75, 3.05) is 5.73 Å². The lowest BCUT2D eigenvalue weighted by atomic mass is 10.2. The molecule has 0 saturated heterocycles. The van der Waals surface area contributed by atoms with Crippen LogP contribution in [0.2, 0.25) is 0 Å². The normalized spacial score (nSPS) is 9.38. The van der Waals surface area contributed by atoms with E-state index in [9.17, 15) is 0 Å². The molecule has 1 heterocycles. The molecule has 0 spiro atoms. The van der Waals surface area contributed by atoms with Crippen LogP contribution in [0.1, 0.15) is 11.4 Å². The van der Waals surface area contributed by atoms with E-state index in [2.05, 4.69) is 4.98 Å². The molecular weight excluding hydrogens is 202 g/mol. The van der Waals surface area contributed by atoms with Gasteiger partial charge in [0.2, 0.25) is 0 Å². The van der Waals surface area contributed by atoms with E-state index in [4.69, 9.17) is 16.3 Å². The molecule has 5 nitrogen and oxygen atoms in total. The van der Waals surface area contributed by atoms with Crippen LogP contribution in [0.4, 0.5) is 5.69 Å². The highest BCUT2D eigenvalue weighted by atomic mass is 15.1. The summed E-state index contributed by atoms with van der Waals surface area (Å²) in [4.78, 5) is 3.85. The van der Waals surface area contributed by atoms with Crippen LogP contribution in [0.3, 0.4) is 0 Å². The summed E-state index contributed by atoms with van der Waals surface area (Å²) in [5.74, 6) is 0. The molecular formula is C11H7N5. The fraction of sp³-hybridized carbons (Fsp3) is 0. The van der Waals surface area contributed by atoms with Crippen molar-refractivity contribution in [2.45, 2.75) is 0 Å². The molecule has 2 aromatic rings. The van der Waals surface area contributed by atoms with Gasteiger partial charge in [0.15, 0.2) is 11.4 Å². The van der Waals surface area contributed by atoms with Crippen LogP contribution in [-0.4, -0.2) is 9.55 Å². The zero-order valence-corrected chi connectivity index (χ0v) is 8.25. The number of nitriles is 2. The van der Waals surface area contributed by atoms with Gasteiger partial charge in [0.1, 0.15) is 18.5 Å². The van der Waals surface area contributed by atoms with Crippen molar-refractivity contribution in [1.29, 1.82) is 10.5 Å². The van der Waals surface area contributed by atoms with Gasteiger partial charge in [0, 0.05) is 11.4 Å². The van der Waals surface area contributed by atoms with Crippen LogP contribution >= 0.6 is 0 Å². The van der Waals surface area contributed by atoms with Crippen molar-refractivity contribution in [1.82, 2.24) is 9.55 Å². The number of hydrogen-bond acceptors (Lipinski definition) is 4. The molecule has 16 heavy (non-hydrogen) atoms. The fourth-order valence-corrected chi connectivity index (χ4v) is 1.37. The lowest BCUT2D eigenvalue weighted by Gasteiger charge is -2.03. The average Bonchev–Trinajstić information content (AvgIpc) is 2.72. The van der Waals surface area contributed by atoms with Crippen molar-refractivity contribution in [3.63, 3.8) is 0 Å². The maximum atomic E-state index is 8.95. The van der Waals surface area contributed by atoms with Crippen LogP contribution in [0, 0.1) is 22.7 Å². The molecule has 0 saturated carbocycles. The van der Waals surface area contributed by atoms with Crippen molar-refractivity contribution >= 4 is 5.69 Å². The van der Waals surface area contributed by atoms with Gasteiger partial charge >= 0.3 is 0 Å². The Morgan fingerprint density at radius 2 is 1.81 bits per heavy atom. The molecule has 0 aliphatic rings. The van der Waals surface area contributed by atoms with Crippen LogP contribution in [-0.2, 0) is 0 Å². The van der Waals surface area contributed by atoms with E-state index in [0.717, 1.165) is 5.69 Å². The highest BCUT2D eigenvalue weighted by Gasteiger charge is 2.10. The molecule has 0 unspecified atom stereocenters. The number of rotatable bonds is 1. The lowest BCUT2D eigenvalue weighted by Crippen LogP contribution is -1.96. The first kappa shape index (κ1) is 9.75. The summed E-state index contributed by atoms with van der Waals surface area (Å²) < 4.78 is 1.55. The molecule has 1 aromatic carbocycles. The smallest absolute Gasteiger partial charge is 0.177 e. The van der Waals surface area contributed by atoms with Crippen LogP contribution < -0.4 is 5.73 Å². The quantitative estimate of drug-likeness (QED) is 0.714. The van der Waals surface area contributed by atoms with E-state index < -0.39 is 0 Å². The Morgan fingerprint density at radius 3 is 2.38 bits per heavy atom. The van der Waals surface area contributed by atoms with Gasteiger partial charge in [-0.1, -0.05) is 0 Å². The van der Waals surface area contributed by atoms with E-state index >= 15 is 0 Å². The fourth-order valence-electron chi connectivity index (χ4n) is 1.37. The molecule has 0 aliphatic heterocycles. The van der Waals surface area contributed by atoms with Crippen molar-refractivity contribution in [3.8, 4) is 17.8 Å². The average molecular weight is 209 g/mol. The van der Waals surface area contributed by atoms with E-state index in [-0.39, 0.29) is 11.4 Å². The zero-order valence-electron chi connectivity index (χ0n) is 8.25. The predicted octanol–water partition coefficient (Wildman–Crippen LogP) is 1.20. The van der Waals surface area contributed by atoms with Gasteiger partial charge in [-0.3, -0.25) is 4.57 Å². The van der Waals surface area contributed by atoms with E-state index in [1.54, 1.807) is 28.8 Å². The number of aromatic nitrogens is 2. The molecule has 0 aliphatic carbocycles. The van der Waals surface area contributed by atoms with Crippen molar-refractivity contribution < 1.29 is 0 Å². The second-order valence-electron chi connectivity index (χ2n) is 3.13. The Bertz CT molecular complexity index is 595. The number of hydrogen-bond donors (Lipinski definition) is 1. The summed E-state index contributed by atoms with van der Waals surface area (Å²) in [5, 5.41) is 17.7. The molecule has 5 heteroatoms. The topological polar surface area (TPSA) is 91.4 Å². The number of nitrogen functional groups attached to an aromatic ring is 1. The van der Waals surface area contributed by atoms with Gasteiger partial charge in [-0.05, 0) is 24.3 Å². The second kappa shape index (κ2) is 3.76. The van der Waals surface area contributed by atoms with Crippen LogP contribution in [0.5, 0.6) is 0 Å². The summed E-state index contributed by atoms with van der Waals surface area (Å²) >= 11 is 0. The first-order valence-corrected chi connectivity index (χ1v) is 4.49. The molecule has 0 bridgehead atoms. The van der Waals surface area contributed by atoms with Gasteiger partial charge in [0.05, 0.1) is 0 Å². The number of benzene rings is 1. The summed E-state index contributed by atoms with van der Waals surface area (Å²) in [5.41, 5.74) is 7.31.